The van der Waals surface area contributed by atoms with Crippen molar-refractivity contribution in [1.29, 1.82) is 0 Å². The van der Waals surface area contributed by atoms with E-state index in [0.717, 1.165) is 5.56 Å². The lowest BCUT2D eigenvalue weighted by atomic mass is 9.90. The Hall–Kier alpha value is -1.05. The maximum Gasteiger partial charge on any atom is 0.167 e. The summed E-state index contributed by atoms with van der Waals surface area (Å²) < 4.78 is 0. The minimum atomic E-state index is -1.30. The summed E-state index contributed by atoms with van der Waals surface area (Å²) in [6.07, 6.45) is 7.16. The van der Waals surface area contributed by atoms with Gasteiger partial charge in [0.1, 0.15) is 0 Å². The molecule has 1 aliphatic carbocycles. The summed E-state index contributed by atoms with van der Waals surface area (Å²) in [5.41, 5.74) is 1.02. The summed E-state index contributed by atoms with van der Waals surface area (Å²) in [5, 5.41) is 8.62. The van der Waals surface area contributed by atoms with Gasteiger partial charge in [0.05, 0.1) is 0 Å². The molecule has 0 spiro atoms. The minimum absolute atomic E-state index is 0.171. The normalized spacial score (nSPS) is 30.6. The van der Waals surface area contributed by atoms with E-state index in [9.17, 15) is 5.11 Å². The molecular weight excluding hydrogens is 196 g/mol. The second-order valence-corrected chi connectivity index (χ2v) is 3.97. The van der Waals surface area contributed by atoms with Crippen molar-refractivity contribution in [2.45, 2.75) is 11.0 Å². The Kier molecular flexibility index (Phi) is 2.44. The molecule has 2 heteroatoms. The first-order chi connectivity index (χ1) is 6.70. The van der Waals surface area contributed by atoms with Crippen LogP contribution in [0.5, 0.6) is 0 Å². The third-order valence-corrected chi connectivity index (χ3v) is 2.70. The van der Waals surface area contributed by atoms with E-state index in [2.05, 4.69) is 0 Å². The number of benzene rings is 1. The lowest BCUT2D eigenvalue weighted by Gasteiger charge is -2.27. The van der Waals surface area contributed by atoms with Crippen LogP contribution < -0.4 is 0 Å². The molecule has 1 aromatic carbocycles. The van der Waals surface area contributed by atoms with Crippen LogP contribution in [0.3, 0.4) is 0 Å². The smallest absolute Gasteiger partial charge is 0.167 e. The van der Waals surface area contributed by atoms with Gasteiger partial charge >= 0.3 is 0 Å². The molecule has 2 rings (SSSR count). The van der Waals surface area contributed by atoms with E-state index in [0.29, 0.717) is 0 Å². The van der Waals surface area contributed by atoms with Gasteiger partial charge in [-0.3, -0.25) is 0 Å². The van der Waals surface area contributed by atoms with Crippen LogP contribution in [0.2, 0.25) is 0 Å². The highest BCUT2D eigenvalue weighted by Crippen LogP contribution is 2.36. The summed E-state index contributed by atoms with van der Waals surface area (Å²) >= 11 is 5.99. The van der Waals surface area contributed by atoms with Gasteiger partial charge in [0.15, 0.2) is 5.06 Å². The number of hydrogen-bond acceptors (Lipinski definition) is 1. The van der Waals surface area contributed by atoms with E-state index in [1.807, 2.05) is 42.5 Å². The number of rotatable bonds is 1. The van der Waals surface area contributed by atoms with Crippen LogP contribution in [0.15, 0.2) is 54.6 Å². The van der Waals surface area contributed by atoms with Crippen LogP contribution in [0.4, 0.5) is 0 Å². The Morgan fingerprint density at radius 2 is 1.86 bits per heavy atom. The predicted octanol–water partition coefficient (Wildman–Crippen LogP) is 2.82. The molecule has 0 saturated heterocycles. The van der Waals surface area contributed by atoms with Crippen LogP contribution in [0.1, 0.15) is 11.5 Å². The van der Waals surface area contributed by atoms with Crippen molar-refractivity contribution in [3.63, 3.8) is 0 Å². The predicted molar refractivity (Wildman–Crippen MR) is 58.3 cm³/mol. The topological polar surface area (TPSA) is 20.2 Å². The van der Waals surface area contributed by atoms with Gasteiger partial charge in [-0.2, -0.15) is 0 Å². The summed E-state index contributed by atoms with van der Waals surface area (Å²) in [6.45, 7) is 0. The van der Waals surface area contributed by atoms with Crippen LogP contribution in [-0.2, 0) is 0 Å². The molecule has 0 amide bonds. The first kappa shape index (κ1) is 9.50. The highest BCUT2D eigenvalue weighted by molar-refractivity contribution is 6.24. The van der Waals surface area contributed by atoms with Crippen molar-refractivity contribution < 1.29 is 5.11 Å². The minimum Gasteiger partial charge on any atom is -0.370 e. The quantitative estimate of drug-likeness (QED) is 0.701. The molecule has 14 heavy (non-hydrogen) atoms. The van der Waals surface area contributed by atoms with Crippen LogP contribution in [-0.4, -0.2) is 10.2 Å². The zero-order valence-corrected chi connectivity index (χ0v) is 8.35. The van der Waals surface area contributed by atoms with E-state index in [4.69, 9.17) is 11.6 Å². The van der Waals surface area contributed by atoms with Crippen molar-refractivity contribution in [3.05, 3.63) is 60.2 Å². The molecule has 1 nitrogen and oxygen atoms in total. The highest BCUT2D eigenvalue weighted by atomic mass is 35.5. The molecule has 0 saturated carbocycles. The fraction of sp³-hybridized carbons (Fsp3) is 0.167. The standard InChI is InChI=1S/C12H11ClO/c13-12(14)9-5-4-8-11(12)10-6-2-1-3-7-10/h1-9,11,14H. The Bertz CT molecular complexity index is 365. The van der Waals surface area contributed by atoms with Gasteiger partial charge in [-0.05, 0) is 11.6 Å². The number of hydrogen-bond donors (Lipinski definition) is 1. The SMILES string of the molecule is OC1(Cl)C=CC=CC1c1ccccc1. The van der Waals surface area contributed by atoms with Gasteiger partial charge < -0.3 is 5.11 Å². The molecule has 0 aromatic heterocycles. The molecule has 0 fully saturated rings. The van der Waals surface area contributed by atoms with E-state index in [1.54, 1.807) is 12.2 Å². The Balaban J connectivity index is 2.36. The molecule has 72 valence electrons. The van der Waals surface area contributed by atoms with Gasteiger partial charge in [-0.15, -0.1) is 0 Å². The van der Waals surface area contributed by atoms with Crippen LogP contribution in [0, 0.1) is 0 Å². The summed E-state index contributed by atoms with van der Waals surface area (Å²) in [7, 11) is 0. The third-order valence-electron chi connectivity index (χ3n) is 2.34. The highest BCUT2D eigenvalue weighted by Gasteiger charge is 2.32. The number of allylic oxidation sites excluding steroid dienone is 2. The zero-order chi connectivity index (χ0) is 10.0. The fourth-order valence-electron chi connectivity index (χ4n) is 1.61. The van der Waals surface area contributed by atoms with E-state index >= 15 is 0 Å². The molecule has 1 aromatic rings. The molecule has 0 heterocycles. The van der Waals surface area contributed by atoms with E-state index < -0.39 is 5.06 Å². The first-order valence-electron chi connectivity index (χ1n) is 4.52. The largest absolute Gasteiger partial charge is 0.370 e. The van der Waals surface area contributed by atoms with Crippen molar-refractivity contribution in [1.82, 2.24) is 0 Å². The Morgan fingerprint density at radius 1 is 1.14 bits per heavy atom. The third kappa shape index (κ3) is 1.74. The molecule has 1 N–H and O–H groups in total. The fourth-order valence-corrected chi connectivity index (χ4v) is 1.88. The van der Waals surface area contributed by atoms with Crippen molar-refractivity contribution in [3.8, 4) is 0 Å². The van der Waals surface area contributed by atoms with E-state index in [1.165, 1.54) is 0 Å². The van der Waals surface area contributed by atoms with Gasteiger partial charge in [0, 0.05) is 5.92 Å². The van der Waals surface area contributed by atoms with Crippen LogP contribution in [0.25, 0.3) is 0 Å². The van der Waals surface area contributed by atoms with Crippen molar-refractivity contribution in [2.75, 3.05) is 0 Å². The van der Waals surface area contributed by atoms with Crippen LogP contribution >= 0.6 is 11.6 Å². The van der Waals surface area contributed by atoms with Gasteiger partial charge in [0.2, 0.25) is 0 Å². The lowest BCUT2D eigenvalue weighted by Crippen LogP contribution is -2.27. The summed E-state index contributed by atoms with van der Waals surface area (Å²) in [5.74, 6) is -0.171. The summed E-state index contributed by atoms with van der Waals surface area (Å²) in [6, 6.07) is 9.74. The second kappa shape index (κ2) is 3.60. The maximum atomic E-state index is 9.92. The van der Waals surface area contributed by atoms with E-state index in [-0.39, 0.29) is 5.92 Å². The lowest BCUT2D eigenvalue weighted by molar-refractivity contribution is 0.162. The molecule has 0 aliphatic heterocycles. The summed E-state index contributed by atoms with van der Waals surface area (Å²) in [4.78, 5) is 0. The number of halogens is 1. The monoisotopic (exact) mass is 206 g/mol. The maximum absolute atomic E-state index is 9.92. The molecule has 2 unspecified atom stereocenters. The average Bonchev–Trinajstić information content (AvgIpc) is 2.18. The molecular formula is C12H11ClO. The first-order valence-corrected chi connectivity index (χ1v) is 4.90. The Labute approximate surface area is 88.3 Å². The van der Waals surface area contributed by atoms with Gasteiger partial charge in [0.25, 0.3) is 0 Å². The van der Waals surface area contributed by atoms with Gasteiger partial charge in [-0.25, -0.2) is 0 Å². The molecule has 2 atom stereocenters. The average molecular weight is 207 g/mol. The molecule has 0 bridgehead atoms. The molecule has 1 aliphatic rings. The van der Waals surface area contributed by atoms with Gasteiger partial charge in [-0.1, -0.05) is 60.2 Å². The van der Waals surface area contributed by atoms with Crippen molar-refractivity contribution in [2.24, 2.45) is 0 Å². The second-order valence-electron chi connectivity index (χ2n) is 3.36. The van der Waals surface area contributed by atoms with Crippen molar-refractivity contribution >= 4 is 11.6 Å². The zero-order valence-electron chi connectivity index (χ0n) is 7.60. The molecule has 0 radical (unpaired) electrons. The number of alkyl halides is 1. The Morgan fingerprint density at radius 3 is 2.50 bits per heavy atom. The number of aliphatic hydroxyl groups is 1.